The van der Waals surface area contributed by atoms with E-state index in [2.05, 4.69) is 15.6 Å². The molecule has 0 bridgehead atoms. The van der Waals surface area contributed by atoms with E-state index in [1.165, 1.54) is 17.5 Å². The molecule has 0 unspecified atom stereocenters. The quantitative estimate of drug-likeness (QED) is 0.491. The maximum absolute atomic E-state index is 12.2. The molecule has 10 heteroatoms. The van der Waals surface area contributed by atoms with Crippen molar-refractivity contribution in [3.05, 3.63) is 44.9 Å². The number of rotatable bonds is 8. The molecule has 0 saturated heterocycles. The molecule has 144 valence electrons. The van der Waals surface area contributed by atoms with Gasteiger partial charge >= 0.3 is 5.97 Å². The Morgan fingerprint density at radius 2 is 2.00 bits per heavy atom. The summed E-state index contributed by atoms with van der Waals surface area (Å²) in [5.74, 6) is -1.14. The summed E-state index contributed by atoms with van der Waals surface area (Å²) in [6.45, 7) is 2.39. The van der Waals surface area contributed by atoms with Gasteiger partial charge in [-0.1, -0.05) is 23.2 Å². The van der Waals surface area contributed by atoms with Crippen LogP contribution in [0.2, 0.25) is 10.0 Å². The van der Waals surface area contributed by atoms with Crippen LogP contribution in [0.25, 0.3) is 0 Å². The minimum absolute atomic E-state index is 0.175. The Bertz CT molecular complexity index is 841. The van der Waals surface area contributed by atoms with Crippen LogP contribution < -0.4 is 10.6 Å². The lowest BCUT2D eigenvalue weighted by atomic mass is 10.2. The van der Waals surface area contributed by atoms with Gasteiger partial charge in [-0.05, 0) is 31.5 Å². The van der Waals surface area contributed by atoms with E-state index < -0.39 is 5.91 Å². The smallest absolute Gasteiger partial charge is 0.305 e. The second-order valence-electron chi connectivity index (χ2n) is 5.28. The Balaban J connectivity index is 1.85. The highest BCUT2D eigenvalue weighted by Gasteiger charge is 2.15. The van der Waals surface area contributed by atoms with Crippen molar-refractivity contribution < 1.29 is 19.1 Å². The van der Waals surface area contributed by atoms with E-state index in [1.54, 1.807) is 13.0 Å². The Kier molecular flexibility index (Phi) is 8.02. The molecule has 2 amide bonds. The fraction of sp³-hybridized carbons (Fsp3) is 0.294. The summed E-state index contributed by atoms with van der Waals surface area (Å²) in [7, 11) is 0. The standard InChI is InChI=1S/C17H17Cl2N3O4S/c1-2-26-14(23)4-3-7-20-16(25)13-9-27-17(21-13)22-15(24)11-6-5-10(18)8-12(11)19/h5-6,8-9H,2-4,7H2,1H3,(H,20,25)(H,21,22,24). The van der Waals surface area contributed by atoms with E-state index in [0.29, 0.717) is 24.6 Å². The van der Waals surface area contributed by atoms with Crippen LogP contribution in [0.4, 0.5) is 5.13 Å². The number of halogens is 2. The van der Waals surface area contributed by atoms with Crippen LogP contribution in [0.15, 0.2) is 23.6 Å². The average molecular weight is 430 g/mol. The van der Waals surface area contributed by atoms with Gasteiger partial charge in [0.1, 0.15) is 5.69 Å². The van der Waals surface area contributed by atoms with Gasteiger partial charge in [0.25, 0.3) is 11.8 Å². The molecule has 0 aliphatic heterocycles. The lowest BCUT2D eigenvalue weighted by Gasteiger charge is -2.04. The molecule has 2 rings (SSSR count). The monoisotopic (exact) mass is 429 g/mol. The summed E-state index contributed by atoms with van der Waals surface area (Å²) < 4.78 is 4.81. The van der Waals surface area contributed by atoms with Gasteiger partial charge in [0.2, 0.25) is 0 Å². The van der Waals surface area contributed by atoms with Gasteiger partial charge in [-0.15, -0.1) is 11.3 Å². The van der Waals surface area contributed by atoms with Gasteiger partial charge in [-0.2, -0.15) is 0 Å². The van der Waals surface area contributed by atoms with Crippen molar-refractivity contribution in [2.24, 2.45) is 0 Å². The minimum atomic E-state index is -0.451. The topological polar surface area (TPSA) is 97.4 Å². The van der Waals surface area contributed by atoms with Crippen molar-refractivity contribution in [3.8, 4) is 0 Å². The van der Waals surface area contributed by atoms with Crippen molar-refractivity contribution in [2.75, 3.05) is 18.5 Å². The fourth-order valence-electron chi connectivity index (χ4n) is 2.03. The van der Waals surface area contributed by atoms with Gasteiger partial charge in [-0.25, -0.2) is 4.98 Å². The molecule has 0 aliphatic carbocycles. The van der Waals surface area contributed by atoms with E-state index in [1.807, 2.05) is 0 Å². The van der Waals surface area contributed by atoms with Gasteiger partial charge in [0.05, 0.1) is 17.2 Å². The lowest BCUT2D eigenvalue weighted by Crippen LogP contribution is -2.25. The first-order chi connectivity index (χ1) is 12.9. The average Bonchev–Trinajstić information content (AvgIpc) is 3.07. The zero-order valence-electron chi connectivity index (χ0n) is 14.4. The molecule has 0 fully saturated rings. The van der Waals surface area contributed by atoms with E-state index in [4.69, 9.17) is 27.9 Å². The highest BCUT2D eigenvalue weighted by molar-refractivity contribution is 7.14. The van der Waals surface area contributed by atoms with Crippen LogP contribution in [0.1, 0.15) is 40.6 Å². The Morgan fingerprint density at radius 1 is 1.22 bits per heavy atom. The first-order valence-electron chi connectivity index (χ1n) is 8.06. The van der Waals surface area contributed by atoms with E-state index in [0.717, 1.165) is 11.3 Å². The number of aromatic nitrogens is 1. The largest absolute Gasteiger partial charge is 0.466 e. The number of carbonyl (C=O) groups excluding carboxylic acids is 3. The molecule has 27 heavy (non-hydrogen) atoms. The summed E-state index contributed by atoms with van der Waals surface area (Å²) in [5, 5.41) is 7.69. The van der Waals surface area contributed by atoms with E-state index in [-0.39, 0.29) is 39.7 Å². The van der Waals surface area contributed by atoms with Crippen LogP contribution in [0, 0.1) is 0 Å². The first-order valence-corrected chi connectivity index (χ1v) is 9.70. The fourth-order valence-corrected chi connectivity index (χ4v) is 3.21. The summed E-state index contributed by atoms with van der Waals surface area (Å²) in [5.41, 5.74) is 0.426. The molecule has 7 nitrogen and oxygen atoms in total. The molecule has 0 atom stereocenters. The van der Waals surface area contributed by atoms with Crippen LogP contribution in [0.3, 0.4) is 0 Å². The van der Waals surface area contributed by atoms with Crippen molar-refractivity contribution >= 4 is 57.5 Å². The second kappa shape index (κ2) is 10.2. The van der Waals surface area contributed by atoms with Gasteiger partial charge < -0.3 is 10.1 Å². The van der Waals surface area contributed by atoms with Crippen LogP contribution in [-0.2, 0) is 9.53 Å². The molecule has 2 N–H and O–H groups in total. The summed E-state index contributed by atoms with van der Waals surface area (Å²) in [6, 6.07) is 4.53. The summed E-state index contributed by atoms with van der Waals surface area (Å²) in [6.07, 6.45) is 0.696. The maximum Gasteiger partial charge on any atom is 0.305 e. The number of esters is 1. The zero-order chi connectivity index (χ0) is 19.8. The number of anilines is 1. The zero-order valence-corrected chi connectivity index (χ0v) is 16.7. The number of hydrogen-bond acceptors (Lipinski definition) is 6. The number of hydrogen-bond donors (Lipinski definition) is 2. The SMILES string of the molecule is CCOC(=O)CCCNC(=O)c1csc(NC(=O)c2ccc(Cl)cc2Cl)n1. The third kappa shape index (κ3) is 6.50. The highest BCUT2D eigenvalue weighted by atomic mass is 35.5. The minimum Gasteiger partial charge on any atom is -0.466 e. The number of nitrogens with zero attached hydrogens (tertiary/aromatic N) is 1. The lowest BCUT2D eigenvalue weighted by molar-refractivity contribution is -0.143. The van der Waals surface area contributed by atoms with Crippen LogP contribution >= 0.6 is 34.5 Å². The van der Waals surface area contributed by atoms with Gasteiger partial charge in [0.15, 0.2) is 5.13 Å². The molecule has 0 spiro atoms. The predicted molar refractivity (Wildman–Crippen MR) is 105 cm³/mol. The number of ether oxygens (including phenoxy) is 1. The molecular weight excluding hydrogens is 413 g/mol. The number of carbonyl (C=O) groups is 3. The molecule has 0 radical (unpaired) electrons. The number of nitrogens with one attached hydrogen (secondary N) is 2. The van der Waals surface area contributed by atoms with Gasteiger partial charge in [0, 0.05) is 23.4 Å². The van der Waals surface area contributed by atoms with Crippen molar-refractivity contribution in [2.45, 2.75) is 19.8 Å². The summed E-state index contributed by atoms with van der Waals surface area (Å²) in [4.78, 5) is 39.6. The van der Waals surface area contributed by atoms with E-state index in [9.17, 15) is 14.4 Å². The van der Waals surface area contributed by atoms with Gasteiger partial charge in [-0.3, -0.25) is 19.7 Å². The van der Waals surface area contributed by atoms with E-state index >= 15 is 0 Å². The third-order valence-corrected chi connectivity index (χ3v) is 4.59. The number of thiazole rings is 1. The van der Waals surface area contributed by atoms with Crippen molar-refractivity contribution in [1.82, 2.24) is 10.3 Å². The van der Waals surface area contributed by atoms with Crippen molar-refractivity contribution in [3.63, 3.8) is 0 Å². The molecular formula is C17H17Cl2N3O4S. The van der Waals surface area contributed by atoms with Crippen LogP contribution in [0.5, 0.6) is 0 Å². The number of amides is 2. The second-order valence-corrected chi connectivity index (χ2v) is 6.98. The first kappa shape index (κ1) is 21.1. The Morgan fingerprint density at radius 3 is 2.70 bits per heavy atom. The molecule has 1 heterocycles. The van der Waals surface area contributed by atoms with Crippen molar-refractivity contribution in [1.29, 1.82) is 0 Å². The molecule has 1 aromatic carbocycles. The Labute approximate surface area is 170 Å². The highest BCUT2D eigenvalue weighted by Crippen LogP contribution is 2.23. The Hall–Kier alpha value is -2.16. The normalized spacial score (nSPS) is 10.3. The summed E-state index contributed by atoms with van der Waals surface area (Å²) >= 11 is 12.9. The molecule has 0 aliphatic rings. The predicted octanol–water partition coefficient (Wildman–Crippen LogP) is 3.78. The molecule has 1 aromatic heterocycles. The van der Waals surface area contributed by atoms with Crippen LogP contribution in [-0.4, -0.2) is 35.9 Å². The molecule has 0 saturated carbocycles. The maximum atomic E-state index is 12.2. The third-order valence-electron chi connectivity index (χ3n) is 3.28. The number of benzene rings is 1. The molecule has 2 aromatic rings.